The topological polar surface area (TPSA) is 99.1 Å². The van der Waals surface area contributed by atoms with Gasteiger partial charge in [-0.2, -0.15) is 0 Å². The molecule has 0 fully saturated rings. The van der Waals surface area contributed by atoms with Crippen molar-refractivity contribution in [3.05, 3.63) is 0 Å². The summed E-state index contributed by atoms with van der Waals surface area (Å²) in [6.07, 6.45) is -0.459. The molecule has 0 aromatic carbocycles. The number of nitrogens with one attached hydrogen (secondary N) is 1. The maximum atomic E-state index is 11.6. The monoisotopic (exact) mass is 276 g/mol. The average molecular weight is 276 g/mol. The molecule has 7 nitrogen and oxygen atoms in total. The molecule has 0 spiro atoms. The van der Waals surface area contributed by atoms with E-state index in [1.807, 2.05) is 11.8 Å². The van der Waals surface area contributed by atoms with Crippen molar-refractivity contribution in [2.45, 2.75) is 31.9 Å². The van der Waals surface area contributed by atoms with Crippen LogP contribution in [0.3, 0.4) is 0 Å². The van der Waals surface area contributed by atoms with E-state index in [9.17, 15) is 9.59 Å². The lowest BCUT2D eigenvalue weighted by molar-refractivity contribution is -0.146. The van der Waals surface area contributed by atoms with Crippen molar-refractivity contribution < 1.29 is 24.5 Å². The van der Waals surface area contributed by atoms with Crippen LogP contribution < -0.4 is 5.32 Å². The third-order valence-electron chi connectivity index (χ3n) is 2.89. The second-order valence-electron chi connectivity index (χ2n) is 4.29. The molecule has 112 valence electrons. The Balaban J connectivity index is 4.17. The van der Waals surface area contributed by atoms with Gasteiger partial charge in [-0.15, -0.1) is 0 Å². The van der Waals surface area contributed by atoms with Gasteiger partial charge >= 0.3 is 5.97 Å². The standard InChI is InChI=1S/C12H24N2O5/c1-4-14(2)10(12(18)19-3)5-6-11(17)13-7-9(16)8-15/h9-10,15-16H,4-8H2,1-3H3,(H,13,17). The van der Waals surface area contributed by atoms with Crippen LogP contribution in [-0.2, 0) is 14.3 Å². The number of nitrogens with zero attached hydrogens (tertiary/aromatic N) is 1. The fourth-order valence-electron chi connectivity index (χ4n) is 1.53. The highest BCUT2D eigenvalue weighted by molar-refractivity contribution is 5.79. The van der Waals surface area contributed by atoms with E-state index in [1.54, 1.807) is 7.05 Å². The molecular weight excluding hydrogens is 252 g/mol. The zero-order valence-electron chi connectivity index (χ0n) is 11.8. The fourth-order valence-corrected chi connectivity index (χ4v) is 1.53. The van der Waals surface area contributed by atoms with Gasteiger partial charge < -0.3 is 20.3 Å². The molecule has 2 atom stereocenters. The SMILES string of the molecule is CCN(C)C(CCC(=O)NCC(O)CO)C(=O)OC. The molecule has 0 aromatic heterocycles. The van der Waals surface area contributed by atoms with E-state index in [-0.39, 0.29) is 24.8 Å². The van der Waals surface area contributed by atoms with Crippen molar-refractivity contribution in [2.24, 2.45) is 0 Å². The number of hydrogen-bond acceptors (Lipinski definition) is 6. The van der Waals surface area contributed by atoms with Crippen LogP contribution in [0.5, 0.6) is 0 Å². The average Bonchev–Trinajstić information content (AvgIpc) is 2.43. The Morgan fingerprint density at radius 1 is 1.42 bits per heavy atom. The molecule has 0 heterocycles. The Morgan fingerprint density at radius 3 is 2.53 bits per heavy atom. The molecule has 3 N–H and O–H groups in total. The number of ether oxygens (including phenoxy) is 1. The van der Waals surface area contributed by atoms with E-state index < -0.39 is 18.8 Å². The number of carbonyl (C=O) groups excluding carboxylic acids is 2. The van der Waals surface area contributed by atoms with Crippen molar-refractivity contribution in [3.8, 4) is 0 Å². The van der Waals surface area contributed by atoms with Crippen molar-refractivity contribution in [1.82, 2.24) is 10.2 Å². The Kier molecular flexibility index (Phi) is 9.11. The maximum absolute atomic E-state index is 11.6. The smallest absolute Gasteiger partial charge is 0.323 e. The minimum atomic E-state index is -0.960. The van der Waals surface area contributed by atoms with E-state index in [0.717, 1.165) is 0 Å². The van der Waals surface area contributed by atoms with Crippen LogP contribution >= 0.6 is 0 Å². The van der Waals surface area contributed by atoms with Gasteiger partial charge in [0.05, 0.1) is 19.8 Å². The summed E-state index contributed by atoms with van der Waals surface area (Å²) in [4.78, 5) is 24.9. The summed E-state index contributed by atoms with van der Waals surface area (Å²) < 4.78 is 4.70. The van der Waals surface area contributed by atoms with Crippen LogP contribution in [-0.4, -0.2) is 73.0 Å². The lowest BCUT2D eigenvalue weighted by Gasteiger charge is -2.24. The lowest BCUT2D eigenvalue weighted by Crippen LogP contribution is -2.40. The molecule has 1 amide bonds. The van der Waals surface area contributed by atoms with E-state index in [2.05, 4.69) is 5.32 Å². The van der Waals surface area contributed by atoms with Crippen LogP contribution in [0, 0.1) is 0 Å². The third-order valence-corrected chi connectivity index (χ3v) is 2.89. The minimum Gasteiger partial charge on any atom is -0.468 e. The number of likely N-dealkylation sites (N-methyl/N-ethyl adjacent to an activating group) is 1. The van der Waals surface area contributed by atoms with Crippen molar-refractivity contribution >= 4 is 11.9 Å². The van der Waals surface area contributed by atoms with Crippen LogP contribution in [0.2, 0.25) is 0 Å². The van der Waals surface area contributed by atoms with Gasteiger partial charge in [0.2, 0.25) is 5.91 Å². The third kappa shape index (κ3) is 7.09. The number of amides is 1. The molecule has 0 saturated heterocycles. The fraction of sp³-hybridized carbons (Fsp3) is 0.833. The van der Waals surface area contributed by atoms with Gasteiger partial charge in [-0.25, -0.2) is 0 Å². The second-order valence-corrected chi connectivity index (χ2v) is 4.29. The van der Waals surface area contributed by atoms with Crippen molar-refractivity contribution in [2.75, 3.05) is 33.9 Å². The molecule has 0 saturated carbocycles. The Hall–Kier alpha value is -1.18. The first-order chi connectivity index (χ1) is 8.96. The number of aliphatic hydroxyl groups is 2. The molecule has 0 rings (SSSR count). The summed E-state index contributed by atoms with van der Waals surface area (Å²) in [7, 11) is 3.10. The van der Waals surface area contributed by atoms with E-state index in [1.165, 1.54) is 7.11 Å². The number of aliphatic hydroxyl groups excluding tert-OH is 2. The molecule has 0 aliphatic rings. The zero-order valence-corrected chi connectivity index (χ0v) is 11.8. The summed E-state index contributed by atoms with van der Waals surface area (Å²) in [6.45, 7) is 2.18. The van der Waals surface area contributed by atoms with E-state index in [4.69, 9.17) is 14.9 Å². The number of methoxy groups -OCH3 is 1. The summed E-state index contributed by atoms with van der Waals surface area (Å²) in [5.74, 6) is -0.640. The van der Waals surface area contributed by atoms with Crippen LogP contribution in [0.1, 0.15) is 19.8 Å². The highest BCUT2D eigenvalue weighted by Crippen LogP contribution is 2.07. The normalized spacial score (nSPS) is 14.0. The number of esters is 1. The highest BCUT2D eigenvalue weighted by atomic mass is 16.5. The Labute approximate surface area is 113 Å². The van der Waals surface area contributed by atoms with Crippen LogP contribution in [0.15, 0.2) is 0 Å². The molecule has 19 heavy (non-hydrogen) atoms. The molecule has 0 bridgehead atoms. The second kappa shape index (κ2) is 9.71. The predicted molar refractivity (Wildman–Crippen MR) is 69.4 cm³/mol. The molecular formula is C12H24N2O5. The molecule has 0 aliphatic carbocycles. The quantitative estimate of drug-likeness (QED) is 0.454. The lowest BCUT2D eigenvalue weighted by atomic mass is 10.1. The summed E-state index contributed by atoms with van der Waals surface area (Å²) in [6, 6.07) is -0.455. The first kappa shape index (κ1) is 17.8. The van der Waals surface area contributed by atoms with Crippen molar-refractivity contribution in [1.29, 1.82) is 0 Å². The summed E-state index contributed by atoms with van der Waals surface area (Å²) in [5, 5.41) is 20.2. The first-order valence-electron chi connectivity index (χ1n) is 6.29. The molecule has 0 radical (unpaired) electrons. The van der Waals surface area contributed by atoms with Gasteiger partial charge in [0.25, 0.3) is 0 Å². The number of rotatable bonds is 9. The predicted octanol–water partition coefficient (Wildman–Crippen LogP) is -1.27. The van der Waals surface area contributed by atoms with Gasteiger partial charge in [-0.3, -0.25) is 14.5 Å². The molecule has 2 unspecified atom stereocenters. The highest BCUT2D eigenvalue weighted by Gasteiger charge is 2.23. The molecule has 7 heteroatoms. The van der Waals surface area contributed by atoms with E-state index >= 15 is 0 Å². The van der Waals surface area contributed by atoms with Gasteiger partial charge in [0, 0.05) is 13.0 Å². The first-order valence-corrected chi connectivity index (χ1v) is 6.29. The molecule has 0 aliphatic heterocycles. The summed E-state index contributed by atoms with van der Waals surface area (Å²) >= 11 is 0. The number of carbonyl (C=O) groups is 2. The van der Waals surface area contributed by atoms with Gasteiger partial charge in [-0.05, 0) is 20.0 Å². The minimum absolute atomic E-state index is 0.00183. The van der Waals surface area contributed by atoms with Crippen LogP contribution in [0.25, 0.3) is 0 Å². The summed E-state index contributed by atoms with van der Waals surface area (Å²) in [5.41, 5.74) is 0. The van der Waals surface area contributed by atoms with E-state index in [0.29, 0.717) is 13.0 Å². The number of hydrogen-bond donors (Lipinski definition) is 3. The van der Waals surface area contributed by atoms with Crippen LogP contribution in [0.4, 0.5) is 0 Å². The zero-order chi connectivity index (χ0) is 14.8. The largest absolute Gasteiger partial charge is 0.468 e. The Bertz CT molecular complexity index is 285. The van der Waals surface area contributed by atoms with Crippen molar-refractivity contribution in [3.63, 3.8) is 0 Å². The van der Waals surface area contributed by atoms with Gasteiger partial charge in [0.15, 0.2) is 0 Å². The Morgan fingerprint density at radius 2 is 2.05 bits per heavy atom. The molecule has 0 aromatic rings. The van der Waals surface area contributed by atoms with Gasteiger partial charge in [-0.1, -0.05) is 6.92 Å². The maximum Gasteiger partial charge on any atom is 0.323 e. The van der Waals surface area contributed by atoms with Gasteiger partial charge in [0.1, 0.15) is 6.04 Å².